The third kappa shape index (κ3) is 3.48. The highest BCUT2D eigenvalue weighted by Gasteiger charge is 2.14. The van der Waals surface area contributed by atoms with Gasteiger partial charge in [0.25, 0.3) is 0 Å². The molecule has 0 saturated carbocycles. The van der Waals surface area contributed by atoms with E-state index in [2.05, 4.69) is 27.2 Å². The lowest BCUT2D eigenvalue weighted by atomic mass is 10.1. The number of aliphatic hydroxyl groups excluding tert-OH is 1. The molecule has 0 unspecified atom stereocenters. The maximum absolute atomic E-state index is 9.28. The number of rotatable bonds is 7. The van der Waals surface area contributed by atoms with E-state index in [1.165, 1.54) is 0 Å². The molecule has 132 valence electrons. The van der Waals surface area contributed by atoms with E-state index in [-0.39, 0.29) is 12.6 Å². The van der Waals surface area contributed by atoms with Crippen molar-refractivity contribution in [3.8, 4) is 5.75 Å². The van der Waals surface area contributed by atoms with Crippen molar-refractivity contribution in [1.82, 2.24) is 19.5 Å². The van der Waals surface area contributed by atoms with Gasteiger partial charge in [0.1, 0.15) is 11.3 Å². The van der Waals surface area contributed by atoms with E-state index < -0.39 is 0 Å². The van der Waals surface area contributed by atoms with Gasteiger partial charge in [-0.3, -0.25) is 0 Å². The van der Waals surface area contributed by atoms with E-state index in [4.69, 9.17) is 10.5 Å². The van der Waals surface area contributed by atoms with E-state index in [9.17, 15) is 5.11 Å². The standard InChI is InChI=1S/C17H22N6O2/c1-3-6-19-15-14-16(22-17(18)21-15)20-10-23(14)8-12-5-4-11(9-24)7-13(12)25-2/h4-5,7,10,24H,3,6,8-9H2,1-2H3,(H3,18,19,21,22). The van der Waals surface area contributed by atoms with E-state index in [0.717, 1.165) is 29.6 Å². The first-order valence-electron chi connectivity index (χ1n) is 8.15. The van der Waals surface area contributed by atoms with Crippen molar-refractivity contribution in [2.24, 2.45) is 0 Å². The molecule has 0 aliphatic carbocycles. The number of hydrogen-bond acceptors (Lipinski definition) is 7. The first-order chi connectivity index (χ1) is 12.2. The van der Waals surface area contributed by atoms with E-state index in [0.29, 0.717) is 23.8 Å². The number of nitrogens with one attached hydrogen (secondary N) is 1. The predicted molar refractivity (Wildman–Crippen MR) is 96.5 cm³/mol. The van der Waals surface area contributed by atoms with Crippen molar-refractivity contribution in [2.75, 3.05) is 24.7 Å². The largest absolute Gasteiger partial charge is 0.496 e. The maximum atomic E-state index is 9.28. The van der Waals surface area contributed by atoms with Gasteiger partial charge < -0.3 is 25.5 Å². The lowest BCUT2D eigenvalue weighted by Crippen LogP contribution is -2.09. The Kier molecular flexibility index (Phi) is 4.99. The van der Waals surface area contributed by atoms with Crippen LogP contribution in [0.15, 0.2) is 24.5 Å². The SMILES string of the molecule is CCCNc1nc(N)nc2ncn(Cc3ccc(CO)cc3OC)c12. The van der Waals surface area contributed by atoms with E-state index in [1.807, 2.05) is 22.8 Å². The van der Waals surface area contributed by atoms with Crippen LogP contribution in [0, 0.1) is 0 Å². The number of nitrogens with two attached hydrogens (primary N) is 1. The van der Waals surface area contributed by atoms with Crippen LogP contribution < -0.4 is 15.8 Å². The number of nitrogen functional groups attached to an aromatic ring is 1. The van der Waals surface area contributed by atoms with Crippen LogP contribution in [0.4, 0.5) is 11.8 Å². The van der Waals surface area contributed by atoms with Crippen LogP contribution in [-0.4, -0.2) is 38.3 Å². The Hall–Kier alpha value is -2.87. The first-order valence-corrected chi connectivity index (χ1v) is 8.15. The first kappa shape index (κ1) is 17.0. The van der Waals surface area contributed by atoms with Crippen LogP contribution in [0.2, 0.25) is 0 Å². The summed E-state index contributed by atoms with van der Waals surface area (Å²) in [6.07, 6.45) is 2.69. The molecule has 0 saturated heterocycles. The number of aromatic nitrogens is 4. The molecule has 0 radical (unpaired) electrons. The minimum Gasteiger partial charge on any atom is -0.496 e. The zero-order chi connectivity index (χ0) is 17.8. The molecule has 0 aliphatic rings. The van der Waals surface area contributed by atoms with E-state index in [1.54, 1.807) is 13.4 Å². The molecular formula is C17H22N6O2. The van der Waals surface area contributed by atoms with E-state index >= 15 is 0 Å². The van der Waals surface area contributed by atoms with Crippen LogP contribution in [0.1, 0.15) is 24.5 Å². The summed E-state index contributed by atoms with van der Waals surface area (Å²) in [7, 11) is 1.62. The minimum absolute atomic E-state index is 0.0250. The number of imidazole rings is 1. The number of anilines is 2. The fourth-order valence-corrected chi connectivity index (χ4v) is 2.68. The summed E-state index contributed by atoms with van der Waals surface area (Å²) in [6.45, 7) is 3.38. The molecule has 2 aromatic heterocycles. The summed E-state index contributed by atoms with van der Waals surface area (Å²) in [6, 6.07) is 5.65. The molecule has 2 heterocycles. The number of hydrogen-bond donors (Lipinski definition) is 3. The van der Waals surface area contributed by atoms with Crippen molar-refractivity contribution in [3.05, 3.63) is 35.7 Å². The molecule has 0 fully saturated rings. The van der Waals surface area contributed by atoms with Gasteiger partial charge in [-0.1, -0.05) is 19.1 Å². The molecule has 3 rings (SSSR count). The molecule has 8 heteroatoms. The summed E-state index contributed by atoms with van der Waals surface area (Å²) >= 11 is 0. The summed E-state index contributed by atoms with van der Waals surface area (Å²) in [5.74, 6) is 1.59. The summed E-state index contributed by atoms with van der Waals surface area (Å²) < 4.78 is 7.41. The molecule has 0 aliphatic heterocycles. The zero-order valence-electron chi connectivity index (χ0n) is 14.4. The Morgan fingerprint density at radius 2 is 2.16 bits per heavy atom. The van der Waals surface area contributed by atoms with Gasteiger partial charge in [0, 0.05) is 12.1 Å². The van der Waals surface area contributed by atoms with Gasteiger partial charge in [-0.15, -0.1) is 0 Å². The van der Waals surface area contributed by atoms with Crippen LogP contribution >= 0.6 is 0 Å². The molecule has 3 aromatic rings. The van der Waals surface area contributed by atoms with Crippen molar-refractivity contribution in [2.45, 2.75) is 26.5 Å². The smallest absolute Gasteiger partial charge is 0.224 e. The van der Waals surface area contributed by atoms with Gasteiger partial charge >= 0.3 is 0 Å². The second-order valence-electron chi connectivity index (χ2n) is 5.71. The number of ether oxygens (including phenoxy) is 1. The highest BCUT2D eigenvalue weighted by molar-refractivity contribution is 5.84. The Morgan fingerprint density at radius 3 is 2.88 bits per heavy atom. The second kappa shape index (κ2) is 7.35. The van der Waals surface area contributed by atoms with Gasteiger partial charge in [-0.2, -0.15) is 9.97 Å². The molecular weight excluding hydrogens is 320 g/mol. The van der Waals surface area contributed by atoms with Crippen LogP contribution in [0.3, 0.4) is 0 Å². The normalized spacial score (nSPS) is 11.0. The third-order valence-electron chi connectivity index (χ3n) is 3.91. The number of benzene rings is 1. The fourth-order valence-electron chi connectivity index (χ4n) is 2.68. The monoisotopic (exact) mass is 342 g/mol. The summed E-state index contributed by atoms with van der Waals surface area (Å²) in [5.41, 5.74) is 8.91. The topological polar surface area (TPSA) is 111 Å². The summed E-state index contributed by atoms with van der Waals surface area (Å²) in [5, 5.41) is 12.6. The minimum atomic E-state index is -0.0250. The number of aliphatic hydroxyl groups is 1. The highest BCUT2D eigenvalue weighted by atomic mass is 16.5. The molecule has 0 amide bonds. The summed E-state index contributed by atoms with van der Waals surface area (Å²) in [4.78, 5) is 12.9. The lowest BCUT2D eigenvalue weighted by molar-refractivity contribution is 0.281. The molecule has 8 nitrogen and oxygen atoms in total. The van der Waals surface area contributed by atoms with Gasteiger partial charge in [-0.05, 0) is 18.1 Å². The molecule has 0 spiro atoms. The number of fused-ring (bicyclic) bond motifs is 1. The lowest BCUT2D eigenvalue weighted by Gasteiger charge is -2.13. The van der Waals surface area contributed by atoms with Crippen molar-refractivity contribution in [3.63, 3.8) is 0 Å². The molecule has 0 bridgehead atoms. The Labute approximate surface area is 145 Å². The van der Waals surface area contributed by atoms with Gasteiger partial charge in [-0.25, -0.2) is 4.98 Å². The Balaban J connectivity index is 2.02. The average Bonchev–Trinajstić information content (AvgIpc) is 3.02. The van der Waals surface area contributed by atoms with Gasteiger partial charge in [0.05, 0.1) is 26.6 Å². The number of nitrogens with zero attached hydrogens (tertiary/aromatic N) is 4. The molecule has 25 heavy (non-hydrogen) atoms. The molecule has 1 aromatic carbocycles. The molecule has 4 N–H and O–H groups in total. The zero-order valence-corrected chi connectivity index (χ0v) is 14.4. The van der Waals surface area contributed by atoms with Crippen molar-refractivity contribution >= 4 is 22.9 Å². The quantitative estimate of drug-likeness (QED) is 0.600. The maximum Gasteiger partial charge on any atom is 0.224 e. The van der Waals surface area contributed by atoms with Crippen molar-refractivity contribution in [1.29, 1.82) is 0 Å². The van der Waals surface area contributed by atoms with Gasteiger partial charge in [0.2, 0.25) is 5.95 Å². The van der Waals surface area contributed by atoms with Crippen LogP contribution in [-0.2, 0) is 13.2 Å². The average molecular weight is 342 g/mol. The molecule has 0 atom stereocenters. The second-order valence-corrected chi connectivity index (χ2v) is 5.71. The highest BCUT2D eigenvalue weighted by Crippen LogP contribution is 2.25. The Morgan fingerprint density at radius 1 is 1.32 bits per heavy atom. The third-order valence-corrected chi connectivity index (χ3v) is 3.91. The fraction of sp³-hybridized carbons (Fsp3) is 0.353. The number of methoxy groups -OCH3 is 1. The Bertz CT molecular complexity index is 877. The van der Waals surface area contributed by atoms with Gasteiger partial charge in [0.15, 0.2) is 11.5 Å². The van der Waals surface area contributed by atoms with Crippen LogP contribution in [0.25, 0.3) is 11.2 Å². The van der Waals surface area contributed by atoms with Crippen molar-refractivity contribution < 1.29 is 9.84 Å². The predicted octanol–water partition coefficient (Wildman–Crippen LogP) is 1.78. The van der Waals surface area contributed by atoms with Crippen LogP contribution in [0.5, 0.6) is 5.75 Å².